The van der Waals surface area contributed by atoms with Crippen molar-refractivity contribution in [3.05, 3.63) is 23.9 Å². The molecule has 1 fully saturated rings. The first-order valence-corrected chi connectivity index (χ1v) is 6.68. The zero-order valence-corrected chi connectivity index (χ0v) is 11.7. The van der Waals surface area contributed by atoms with Crippen molar-refractivity contribution in [2.45, 2.75) is 19.4 Å². The third-order valence-electron chi connectivity index (χ3n) is 3.50. The monoisotopic (exact) mass is 264 g/mol. The molecule has 1 aliphatic rings. The van der Waals surface area contributed by atoms with Gasteiger partial charge in [-0.1, -0.05) is 19.1 Å². The third kappa shape index (κ3) is 2.97. The Kier molecular flexibility index (Phi) is 4.14. The first-order valence-electron chi connectivity index (χ1n) is 6.28. The van der Waals surface area contributed by atoms with Crippen LogP contribution < -0.4 is 11.1 Å². The van der Waals surface area contributed by atoms with Crippen LogP contribution in [-0.2, 0) is 0 Å². The summed E-state index contributed by atoms with van der Waals surface area (Å²) in [6.07, 6.45) is 2.88. The molecule has 2 unspecified atom stereocenters. The van der Waals surface area contributed by atoms with Gasteiger partial charge >= 0.3 is 0 Å². The van der Waals surface area contributed by atoms with Gasteiger partial charge in [0.25, 0.3) is 0 Å². The standard InChI is InChI=1S/C13H20N4S/c1-9-8-17(2)7-5-11(9)16-13-10(12(14)18)4-3-6-15-13/h3-4,6,9,11H,5,7-8H2,1-2H3,(H2,14,18)(H,15,16). The summed E-state index contributed by atoms with van der Waals surface area (Å²) in [5.74, 6) is 1.40. The van der Waals surface area contributed by atoms with Crippen LogP contribution in [0.3, 0.4) is 0 Å². The zero-order valence-electron chi connectivity index (χ0n) is 10.9. The molecule has 0 radical (unpaired) electrons. The SMILES string of the molecule is CC1CN(C)CCC1Nc1ncccc1C(N)=S. The molecule has 2 heterocycles. The first kappa shape index (κ1) is 13.2. The topological polar surface area (TPSA) is 54.2 Å². The van der Waals surface area contributed by atoms with Gasteiger partial charge in [0.1, 0.15) is 10.8 Å². The Morgan fingerprint density at radius 3 is 3.06 bits per heavy atom. The van der Waals surface area contributed by atoms with E-state index in [9.17, 15) is 0 Å². The Morgan fingerprint density at radius 2 is 2.39 bits per heavy atom. The average Bonchev–Trinajstić information content (AvgIpc) is 2.33. The van der Waals surface area contributed by atoms with Gasteiger partial charge in [0.05, 0.1) is 5.56 Å². The van der Waals surface area contributed by atoms with Gasteiger partial charge < -0.3 is 16.0 Å². The third-order valence-corrected chi connectivity index (χ3v) is 3.72. The van der Waals surface area contributed by atoms with E-state index in [0.29, 0.717) is 16.9 Å². The molecule has 98 valence electrons. The van der Waals surface area contributed by atoms with Crippen molar-refractivity contribution in [2.24, 2.45) is 11.7 Å². The number of hydrogen-bond donors (Lipinski definition) is 2. The molecule has 4 nitrogen and oxygen atoms in total. The van der Waals surface area contributed by atoms with Gasteiger partial charge in [-0.05, 0) is 38.1 Å². The summed E-state index contributed by atoms with van der Waals surface area (Å²) in [6, 6.07) is 4.21. The normalized spacial score (nSPS) is 24.8. The molecule has 1 aliphatic heterocycles. The Morgan fingerprint density at radius 1 is 1.61 bits per heavy atom. The number of anilines is 1. The van der Waals surface area contributed by atoms with E-state index in [1.165, 1.54) is 0 Å². The van der Waals surface area contributed by atoms with Gasteiger partial charge in [0.15, 0.2) is 0 Å². The van der Waals surface area contributed by atoms with Gasteiger partial charge in [-0.25, -0.2) is 4.98 Å². The van der Waals surface area contributed by atoms with Crippen LogP contribution in [0.2, 0.25) is 0 Å². The lowest BCUT2D eigenvalue weighted by Crippen LogP contribution is -2.43. The van der Waals surface area contributed by atoms with E-state index in [1.807, 2.05) is 12.1 Å². The van der Waals surface area contributed by atoms with Crippen LogP contribution in [0.25, 0.3) is 0 Å². The molecular formula is C13H20N4S. The smallest absolute Gasteiger partial charge is 0.136 e. The second-order valence-electron chi connectivity index (χ2n) is 5.04. The van der Waals surface area contributed by atoms with Crippen LogP contribution in [0.5, 0.6) is 0 Å². The number of aromatic nitrogens is 1. The maximum atomic E-state index is 5.72. The number of hydrogen-bond acceptors (Lipinski definition) is 4. The molecule has 0 amide bonds. The predicted octanol–water partition coefficient (Wildman–Crippen LogP) is 1.47. The van der Waals surface area contributed by atoms with E-state index in [1.54, 1.807) is 6.20 Å². The number of nitrogens with zero attached hydrogens (tertiary/aromatic N) is 2. The fourth-order valence-electron chi connectivity index (χ4n) is 2.46. The van der Waals surface area contributed by atoms with E-state index in [-0.39, 0.29) is 0 Å². The highest BCUT2D eigenvalue weighted by Crippen LogP contribution is 2.21. The number of rotatable bonds is 3. The maximum Gasteiger partial charge on any atom is 0.136 e. The molecule has 5 heteroatoms. The molecule has 1 aromatic heterocycles. The molecule has 2 rings (SSSR count). The highest BCUT2D eigenvalue weighted by molar-refractivity contribution is 7.80. The van der Waals surface area contributed by atoms with Crippen LogP contribution in [0.4, 0.5) is 5.82 Å². The summed E-state index contributed by atoms with van der Waals surface area (Å²) in [5, 5.41) is 3.50. The Hall–Kier alpha value is -1.20. The minimum atomic E-state index is 0.395. The number of nitrogens with one attached hydrogen (secondary N) is 1. The van der Waals surface area contributed by atoms with Crippen molar-refractivity contribution in [3.8, 4) is 0 Å². The summed E-state index contributed by atoms with van der Waals surface area (Å²) < 4.78 is 0. The molecular weight excluding hydrogens is 244 g/mol. The lowest BCUT2D eigenvalue weighted by molar-refractivity contribution is 0.206. The number of pyridine rings is 1. The van der Waals surface area contributed by atoms with E-state index < -0.39 is 0 Å². The molecule has 0 aliphatic carbocycles. The second-order valence-corrected chi connectivity index (χ2v) is 5.48. The second kappa shape index (κ2) is 5.63. The summed E-state index contributed by atoms with van der Waals surface area (Å²) in [7, 11) is 2.16. The summed E-state index contributed by atoms with van der Waals surface area (Å²) >= 11 is 5.05. The van der Waals surface area contributed by atoms with Gasteiger partial charge in [-0.3, -0.25) is 0 Å². The first-order chi connectivity index (χ1) is 8.58. The molecule has 0 spiro atoms. The molecule has 0 saturated carbocycles. The van der Waals surface area contributed by atoms with Crippen LogP contribution in [-0.4, -0.2) is 41.1 Å². The number of piperidine rings is 1. The van der Waals surface area contributed by atoms with Gasteiger partial charge in [0, 0.05) is 18.8 Å². The highest BCUT2D eigenvalue weighted by atomic mass is 32.1. The van der Waals surface area contributed by atoms with Crippen molar-refractivity contribution in [1.29, 1.82) is 0 Å². The van der Waals surface area contributed by atoms with E-state index >= 15 is 0 Å². The van der Waals surface area contributed by atoms with Crippen LogP contribution >= 0.6 is 12.2 Å². The van der Waals surface area contributed by atoms with Crippen molar-refractivity contribution < 1.29 is 0 Å². The predicted molar refractivity (Wildman–Crippen MR) is 78.8 cm³/mol. The van der Waals surface area contributed by atoms with Crippen molar-refractivity contribution in [1.82, 2.24) is 9.88 Å². The fourth-order valence-corrected chi connectivity index (χ4v) is 2.63. The van der Waals surface area contributed by atoms with Gasteiger partial charge in [-0.2, -0.15) is 0 Å². The minimum Gasteiger partial charge on any atom is -0.389 e. The van der Waals surface area contributed by atoms with E-state index in [0.717, 1.165) is 30.9 Å². The molecule has 1 aromatic rings. The summed E-state index contributed by atoms with van der Waals surface area (Å²) in [4.78, 5) is 7.11. The Bertz CT molecular complexity index is 435. The van der Waals surface area contributed by atoms with Crippen LogP contribution in [0.15, 0.2) is 18.3 Å². The number of nitrogens with two attached hydrogens (primary N) is 1. The molecule has 2 atom stereocenters. The lowest BCUT2D eigenvalue weighted by Gasteiger charge is -2.35. The summed E-state index contributed by atoms with van der Waals surface area (Å²) in [5.41, 5.74) is 6.55. The lowest BCUT2D eigenvalue weighted by atomic mass is 9.94. The van der Waals surface area contributed by atoms with Crippen molar-refractivity contribution in [3.63, 3.8) is 0 Å². The Labute approximate surface area is 114 Å². The largest absolute Gasteiger partial charge is 0.389 e. The highest BCUT2D eigenvalue weighted by Gasteiger charge is 2.24. The Balaban J connectivity index is 2.12. The minimum absolute atomic E-state index is 0.395. The molecule has 18 heavy (non-hydrogen) atoms. The zero-order chi connectivity index (χ0) is 13.1. The molecule has 0 bridgehead atoms. The quantitative estimate of drug-likeness (QED) is 0.810. The fraction of sp³-hybridized carbons (Fsp3) is 0.538. The maximum absolute atomic E-state index is 5.72. The van der Waals surface area contributed by atoms with Crippen molar-refractivity contribution >= 4 is 23.0 Å². The molecule has 3 N–H and O–H groups in total. The van der Waals surface area contributed by atoms with Crippen LogP contribution in [0, 0.1) is 5.92 Å². The number of likely N-dealkylation sites (tertiary alicyclic amines) is 1. The van der Waals surface area contributed by atoms with Crippen molar-refractivity contribution in [2.75, 3.05) is 25.5 Å². The van der Waals surface area contributed by atoms with Gasteiger partial charge in [0.2, 0.25) is 0 Å². The molecule has 0 aromatic carbocycles. The van der Waals surface area contributed by atoms with Crippen LogP contribution in [0.1, 0.15) is 18.9 Å². The molecule has 1 saturated heterocycles. The average molecular weight is 264 g/mol. The van der Waals surface area contributed by atoms with E-state index in [2.05, 4.69) is 29.2 Å². The van der Waals surface area contributed by atoms with Gasteiger partial charge in [-0.15, -0.1) is 0 Å². The van der Waals surface area contributed by atoms with E-state index in [4.69, 9.17) is 18.0 Å². The number of thiocarbonyl (C=S) groups is 1. The summed E-state index contributed by atoms with van der Waals surface area (Å²) in [6.45, 7) is 4.47.